The molecule has 0 fully saturated rings. The van der Waals surface area contributed by atoms with Crippen LogP contribution in [0.5, 0.6) is 0 Å². The zero-order valence-corrected chi connectivity index (χ0v) is 12.6. The van der Waals surface area contributed by atoms with Gasteiger partial charge in [0.15, 0.2) is 0 Å². The second kappa shape index (κ2) is 6.99. The summed E-state index contributed by atoms with van der Waals surface area (Å²) in [5.74, 6) is 0.636. The Morgan fingerprint density at radius 1 is 1.00 bits per heavy atom. The predicted octanol–water partition coefficient (Wildman–Crippen LogP) is 4.85. The van der Waals surface area contributed by atoms with Gasteiger partial charge in [0.05, 0.1) is 0 Å². The average molecular weight is 268 g/mol. The molecule has 2 rings (SSSR count). The number of nitrogens with one attached hydrogen (secondary N) is 2. The van der Waals surface area contributed by atoms with Gasteiger partial charge in [-0.3, -0.25) is 0 Å². The van der Waals surface area contributed by atoms with Crippen LogP contribution >= 0.6 is 0 Å². The Hall–Kier alpha value is -1.96. The topological polar surface area (TPSA) is 24.1 Å². The Morgan fingerprint density at radius 2 is 1.75 bits per heavy atom. The first-order valence-electron chi connectivity index (χ1n) is 7.33. The van der Waals surface area contributed by atoms with Gasteiger partial charge >= 0.3 is 0 Å². The third-order valence-electron chi connectivity index (χ3n) is 3.80. The second-order valence-corrected chi connectivity index (χ2v) is 5.24. The first kappa shape index (κ1) is 14.4. The van der Waals surface area contributed by atoms with Crippen LogP contribution in [0.1, 0.15) is 37.3 Å². The first-order chi connectivity index (χ1) is 9.72. The summed E-state index contributed by atoms with van der Waals surface area (Å²) < 4.78 is 0. The molecule has 0 aromatic heterocycles. The summed E-state index contributed by atoms with van der Waals surface area (Å²) in [6.45, 7) is 5.34. The Labute approximate surface area is 122 Å². The second-order valence-electron chi connectivity index (χ2n) is 5.24. The van der Waals surface area contributed by atoms with Crippen molar-refractivity contribution >= 4 is 11.4 Å². The molecule has 0 bridgehead atoms. The fourth-order valence-electron chi connectivity index (χ4n) is 2.21. The molecule has 0 aliphatic carbocycles. The fraction of sp³-hybridized carbons (Fsp3) is 0.333. The first-order valence-corrected chi connectivity index (χ1v) is 7.33. The molecule has 20 heavy (non-hydrogen) atoms. The monoisotopic (exact) mass is 268 g/mol. The number of benzene rings is 2. The van der Waals surface area contributed by atoms with Crippen LogP contribution in [0.4, 0.5) is 11.4 Å². The molecule has 0 amide bonds. The molecular formula is C18H24N2. The van der Waals surface area contributed by atoms with Gasteiger partial charge in [-0.1, -0.05) is 38.1 Å². The van der Waals surface area contributed by atoms with Crippen LogP contribution in [0.25, 0.3) is 0 Å². The van der Waals surface area contributed by atoms with Gasteiger partial charge < -0.3 is 10.6 Å². The van der Waals surface area contributed by atoms with Gasteiger partial charge in [0.2, 0.25) is 0 Å². The maximum absolute atomic E-state index is 3.47. The molecule has 106 valence electrons. The van der Waals surface area contributed by atoms with Crippen molar-refractivity contribution in [2.75, 3.05) is 17.7 Å². The number of hydrogen-bond acceptors (Lipinski definition) is 2. The van der Waals surface area contributed by atoms with Crippen molar-refractivity contribution in [3.05, 3.63) is 59.7 Å². The minimum Gasteiger partial charge on any atom is -0.388 e. The predicted molar refractivity (Wildman–Crippen MR) is 88.5 cm³/mol. The molecule has 2 aromatic carbocycles. The van der Waals surface area contributed by atoms with Gasteiger partial charge in [0.1, 0.15) is 0 Å². The van der Waals surface area contributed by atoms with Crippen LogP contribution in [0, 0.1) is 0 Å². The maximum Gasteiger partial charge on any atom is 0.0401 e. The lowest BCUT2D eigenvalue weighted by atomic mass is 9.99. The van der Waals surface area contributed by atoms with E-state index in [0.29, 0.717) is 5.92 Å². The van der Waals surface area contributed by atoms with Gasteiger partial charge in [-0.25, -0.2) is 0 Å². The highest BCUT2D eigenvalue weighted by molar-refractivity contribution is 5.48. The van der Waals surface area contributed by atoms with E-state index in [1.54, 1.807) is 0 Å². The highest BCUT2D eigenvalue weighted by atomic mass is 14.9. The molecule has 0 saturated carbocycles. The Bertz CT molecular complexity index is 531. The van der Waals surface area contributed by atoms with Crippen molar-refractivity contribution in [1.82, 2.24) is 0 Å². The lowest BCUT2D eigenvalue weighted by molar-refractivity contribution is 0.734. The van der Waals surface area contributed by atoms with E-state index in [0.717, 1.165) is 12.2 Å². The zero-order valence-electron chi connectivity index (χ0n) is 12.6. The van der Waals surface area contributed by atoms with E-state index in [4.69, 9.17) is 0 Å². The quantitative estimate of drug-likeness (QED) is 0.782. The molecule has 2 nitrogen and oxygen atoms in total. The van der Waals surface area contributed by atoms with Crippen LogP contribution in [0.15, 0.2) is 48.5 Å². The maximum atomic E-state index is 3.47. The SMILES string of the molecule is CCC(C)c1ccc(NCc2cccc(NC)c2)cc1. The van der Waals surface area contributed by atoms with Gasteiger partial charge in [-0.15, -0.1) is 0 Å². The van der Waals surface area contributed by atoms with Crippen LogP contribution in [0.2, 0.25) is 0 Å². The molecule has 0 aliphatic heterocycles. The van der Waals surface area contributed by atoms with Crippen LogP contribution in [-0.2, 0) is 6.54 Å². The highest BCUT2D eigenvalue weighted by Crippen LogP contribution is 2.21. The van der Waals surface area contributed by atoms with E-state index in [-0.39, 0.29) is 0 Å². The molecule has 1 unspecified atom stereocenters. The molecule has 0 spiro atoms. The summed E-state index contributed by atoms with van der Waals surface area (Å²) in [7, 11) is 1.94. The van der Waals surface area contributed by atoms with Crippen molar-refractivity contribution in [2.24, 2.45) is 0 Å². The zero-order chi connectivity index (χ0) is 14.4. The van der Waals surface area contributed by atoms with Gasteiger partial charge in [-0.2, -0.15) is 0 Å². The molecular weight excluding hydrogens is 244 g/mol. The van der Waals surface area contributed by atoms with E-state index in [1.807, 2.05) is 7.05 Å². The Morgan fingerprint density at radius 3 is 2.40 bits per heavy atom. The van der Waals surface area contributed by atoms with Crippen LogP contribution in [0.3, 0.4) is 0 Å². The summed E-state index contributed by atoms with van der Waals surface area (Å²) >= 11 is 0. The molecule has 2 N–H and O–H groups in total. The van der Waals surface area contributed by atoms with Crippen LogP contribution < -0.4 is 10.6 Å². The normalized spacial score (nSPS) is 11.9. The van der Waals surface area contributed by atoms with Gasteiger partial charge in [-0.05, 0) is 47.7 Å². The standard InChI is InChI=1S/C18H24N2/c1-4-14(2)16-8-10-17(11-9-16)20-13-15-6-5-7-18(12-15)19-3/h5-12,14,19-20H,4,13H2,1-3H3. The third kappa shape index (κ3) is 3.77. The molecule has 0 radical (unpaired) electrons. The summed E-state index contributed by atoms with van der Waals surface area (Å²) in [5.41, 5.74) is 5.02. The molecule has 1 atom stereocenters. The molecule has 0 aliphatic rings. The fourth-order valence-corrected chi connectivity index (χ4v) is 2.21. The summed E-state index contributed by atoms with van der Waals surface area (Å²) in [4.78, 5) is 0. The molecule has 0 heterocycles. The Balaban J connectivity index is 1.96. The van der Waals surface area contributed by atoms with Crippen molar-refractivity contribution in [1.29, 1.82) is 0 Å². The molecule has 2 aromatic rings. The van der Waals surface area contributed by atoms with E-state index < -0.39 is 0 Å². The van der Waals surface area contributed by atoms with Crippen molar-refractivity contribution in [3.63, 3.8) is 0 Å². The Kier molecular flexibility index (Phi) is 5.05. The average Bonchev–Trinajstić information content (AvgIpc) is 2.53. The lowest BCUT2D eigenvalue weighted by Crippen LogP contribution is -2.00. The lowest BCUT2D eigenvalue weighted by Gasteiger charge is -2.11. The number of hydrogen-bond donors (Lipinski definition) is 2. The molecule has 0 saturated heterocycles. The largest absolute Gasteiger partial charge is 0.388 e. The minimum absolute atomic E-state index is 0.636. The summed E-state index contributed by atoms with van der Waals surface area (Å²) in [6, 6.07) is 17.2. The smallest absolute Gasteiger partial charge is 0.0401 e. The number of anilines is 2. The van der Waals surface area contributed by atoms with Crippen molar-refractivity contribution in [3.8, 4) is 0 Å². The highest BCUT2D eigenvalue weighted by Gasteiger charge is 2.02. The number of rotatable bonds is 6. The van der Waals surface area contributed by atoms with Crippen LogP contribution in [-0.4, -0.2) is 7.05 Å². The van der Waals surface area contributed by atoms with Gasteiger partial charge in [0.25, 0.3) is 0 Å². The molecule has 2 heteroatoms. The summed E-state index contributed by atoms with van der Waals surface area (Å²) in [5, 5.41) is 6.63. The van der Waals surface area contributed by atoms with E-state index in [1.165, 1.54) is 23.2 Å². The van der Waals surface area contributed by atoms with Crippen molar-refractivity contribution in [2.45, 2.75) is 32.7 Å². The minimum atomic E-state index is 0.636. The van der Waals surface area contributed by atoms with E-state index >= 15 is 0 Å². The van der Waals surface area contributed by atoms with E-state index in [2.05, 4.69) is 73.0 Å². The van der Waals surface area contributed by atoms with Crippen molar-refractivity contribution < 1.29 is 0 Å². The summed E-state index contributed by atoms with van der Waals surface area (Å²) in [6.07, 6.45) is 1.18. The van der Waals surface area contributed by atoms with E-state index in [9.17, 15) is 0 Å². The third-order valence-corrected chi connectivity index (χ3v) is 3.80. The van der Waals surface area contributed by atoms with Gasteiger partial charge in [0, 0.05) is 25.0 Å².